The van der Waals surface area contributed by atoms with Gasteiger partial charge in [-0.15, -0.1) is 11.3 Å². The van der Waals surface area contributed by atoms with Crippen molar-refractivity contribution in [1.29, 1.82) is 0 Å². The number of carboxylic acids is 1. The molecule has 0 bridgehead atoms. The first-order valence-corrected chi connectivity index (χ1v) is 5.70. The van der Waals surface area contributed by atoms with Crippen LogP contribution in [0.15, 0.2) is 11.4 Å². The average molecular weight is 227 g/mol. The SMILES string of the molecule is O=C(O)c1sccc1CNC1(CO)CC1. The Hall–Kier alpha value is -0.910. The topological polar surface area (TPSA) is 69.6 Å². The molecule has 15 heavy (non-hydrogen) atoms. The van der Waals surface area contributed by atoms with Crippen LogP contribution in [0.5, 0.6) is 0 Å². The van der Waals surface area contributed by atoms with Crippen molar-refractivity contribution in [3.05, 3.63) is 21.9 Å². The number of rotatable bonds is 5. The Morgan fingerprint density at radius 3 is 2.87 bits per heavy atom. The van der Waals surface area contributed by atoms with Gasteiger partial charge in [0, 0.05) is 12.1 Å². The van der Waals surface area contributed by atoms with Gasteiger partial charge in [0.2, 0.25) is 0 Å². The lowest BCUT2D eigenvalue weighted by atomic mass is 10.2. The molecule has 0 saturated heterocycles. The molecule has 1 saturated carbocycles. The van der Waals surface area contributed by atoms with Gasteiger partial charge < -0.3 is 15.5 Å². The monoisotopic (exact) mass is 227 g/mol. The third-order valence-electron chi connectivity index (χ3n) is 2.75. The smallest absolute Gasteiger partial charge is 0.346 e. The Balaban J connectivity index is 1.99. The summed E-state index contributed by atoms with van der Waals surface area (Å²) < 4.78 is 0. The summed E-state index contributed by atoms with van der Waals surface area (Å²) in [6, 6.07) is 1.81. The van der Waals surface area contributed by atoms with Gasteiger partial charge in [-0.05, 0) is 29.9 Å². The zero-order valence-corrected chi connectivity index (χ0v) is 9.01. The molecule has 4 nitrogen and oxygen atoms in total. The fraction of sp³-hybridized carbons (Fsp3) is 0.500. The van der Waals surface area contributed by atoms with Gasteiger partial charge in [-0.25, -0.2) is 4.79 Å². The Morgan fingerprint density at radius 2 is 2.33 bits per heavy atom. The number of aromatic carboxylic acids is 1. The van der Waals surface area contributed by atoms with E-state index in [1.807, 2.05) is 6.07 Å². The van der Waals surface area contributed by atoms with Crippen LogP contribution in [-0.4, -0.2) is 28.3 Å². The van der Waals surface area contributed by atoms with Crippen LogP contribution < -0.4 is 5.32 Å². The highest BCUT2D eigenvalue weighted by atomic mass is 32.1. The van der Waals surface area contributed by atoms with Crippen LogP contribution in [0.25, 0.3) is 0 Å². The molecule has 1 aromatic heterocycles. The second-order valence-corrected chi connectivity index (χ2v) is 4.79. The summed E-state index contributed by atoms with van der Waals surface area (Å²) in [7, 11) is 0. The molecule has 5 heteroatoms. The second kappa shape index (κ2) is 3.92. The van der Waals surface area contributed by atoms with E-state index >= 15 is 0 Å². The molecule has 0 unspecified atom stereocenters. The third-order valence-corrected chi connectivity index (χ3v) is 3.70. The number of aliphatic hydroxyl groups excluding tert-OH is 1. The van der Waals surface area contributed by atoms with Gasteiger partial charge in [0.05, 0.1) is 6.61 Å². The van der Waals surface area contributed by atoms with Crippen molar-refractivity contribution in [2.75, 3.05) is 6.61 Å². The van der Waals surface area contributed by atoms with Crippen molar-refractivity contribution in [2.24, 2.45) is 0 Å². The molecule has 2 rings (SSSR count). The van der Waals surface area contributed by atoms with E-state index in [0.717, 1.165) is 18.4 Å². The highest BCUT2D eigenvalue weighted by Crippen LogP contribution is 2.35. The summed E-state index contributed by atoms with van der Waals surface area (Å²) in [5, 5.41) is 23.0. The van der Waals surface area contributed by atoms with E-state index in [4.69, 9.17) is 10.2 Å². The maximum Gasteiger partial charge on any atom is 0.346 e. The van der Waals surface area contributed by atoms with E-state index in [1.165, 1.54) is 11.3 Å². The lowest BCUT2D eigenvalue weighted by Crippen LogP contribution is -2.34. The summed E-state index contributed by atoms with van der Waals surface area (Å²) in [5.41, 5.74) is 0.657. The number of hydrogen-bond acceptors (Lipinski definition) is 4. The van der Waals surface area contributed by atoms with E-state index in [9.17, 15) is 4.79 Å². The Morgan fingerprint density at radius 1 is 1.60 bits per heavy atom. The summed E-state index contributed by atoms with van der Waals surface area (Å²) in [4.78, 5) is 11.2. The Labute approximate surface area is 91.6 Å². The summed E-state index contributed by atoms with van der Waals surface area (Å²) >= 11 is 1.23. The van der Waals surface area contributed by atoms with Gasteiger partial charge in [0.25, 0.3) is 0 Å². The van der Waals surface area contributed by atoms with Crippen LogP contribution in [-0.2, 0) is 6.54 Å². The normalized spacial score (nSPS) is 17.7. The molecule has 0 aliphatic heterocycles. The second-order valence-electron chi connectivity index (χ2n) is 3.87. The molecule has 1 heterocycles. The molecule has 82 valence electrons. The number of carbonyl (C=O) groups is 1. The molecule has 1 fully saturated rings. The predicted molar refractivity (Wildman–Crippen MR) is 57.2 cm³/mol. The van der Waals surface area contributed by atoms with Crippen molar-refractivity contribution in [1.82, 2.24) is 5.32 Å². The van der Waals surface area contributed by atoms with Gasteiger partial charge >= 0.3 is 5.97 Å². The molecule has 0 spiro atoms. The number of thiophene rings is 1. The highest BCUT2D eigenvalue weighted by Gasteiger charge is 2.41. The predicted octanol–water partition coefficient (Wildman–Crippen LogP) is 1.06. The van der Waals surface area contributed by atoms with Crippen LogP contribution in [0.4, 0.5) is 0 Å². The van der Waals surface area contributed by atoms with Crippen LogP contribution in [0.2, 0.25) is 0 Å². The molecule has 0 amide bonds. The largest absolute Gasteiger partial charge is 0.477 e. The minimum Gasteiger partial charge on any atom is -0.477 e. The van der Waals surface area contributed by atoms with E-state index in [2.05, 4.69) is 5.32 Å². The van der Waals surface area contributed by atoms with Crippen LogP contribution in [0.1, 0.15) is 28.1 Å². The molecule has 3 N–H and O–H groups in total. The molecule has 1 aromatic rings. The van der Waals surface area contributed by atoms with Crippen molar-refractivity contribution >= 4 is 17.3 Å². The fourth-order valence-electron chi connectivity index (χ4n) is 1.49. The number of nitrogens with one attached hydrogen (secondary N) is 1. The Kier molecular flexibility index (Phi) is 2.77. The number of aliphatic hydroxyl groups is 1. The van der Waals surface area contributed by atoms with Crippen LogP contribution in [0.3, 0.4) is 0 Å². The minimum absolute atomic E-state index is 0.125. The van der Waals surface area contributed by atoms with Gasteiger partial charge in [0.15, 0.2) is 0 Å². The van der Waals surface area contributed by atoms with Gasteiger partial charge in [-0.3, -0.25) is 0 Å². The third kappa shape index (κ3) is 2.19. The molecule has 1 aliphatic rings. The van der Waals surface area contributed by atoms with Gasteiger partial charge in [-0.1, -0.05) is 0 Å². The minimum atomic E-state index is -0.879. The summed E-state index contributed by atoms with van der Waals surface area (Å²) in [6.45, 7) is 0.644. The van der Waals surface area contributed by atoms with Gasteiger partial charge in [0.1, 0.15) is 4.88 Å². The molecule has 0 radical (unpaired) electrons. The first-order chi connectivity index (χ1) is 7.17. The number of hydrogen-bond donors (Lipinski definition) is 3. The maximum atomic E-state index is 10.8. The lowest BCUT2D eigenvalue weighted by molar-refractivity contribution is 0.0701. The molecular weight excluding hydrogens is 214 g/mol. The zero-order chi connectivity index (χ0) is 10.9. The molecular formula is C10H13NO3S. The molecule has 0 aromatic carbocycles. The van der Waals surface area contributed by atoms with E-state index < -0.39 is 5.97 Å². The van der Waals surface area contributed by atoms with E-state index in [1.54, 1.807) is 5.38 Å². The lowest BCUT2D eigenvalue weighted by Gasteiger charge is -2.13. The zero-order valence-electron chi connectivity index (χ0n) is 8.19. The maximum absolute atomic E-state index is 10.8. The van der Waals surface area contributed by atoms with Crippen LogP contribution >= 0.6 is 11.3 Å². The fourth-order valence-corrected chi connectivity index (χ4v) is 2.25. The van der Waals surface area contributed by atoms with Crippen molar-refractivity contribution in [2.45, 2.75) is 24.9 Å². The number of carboxylic acid groups (broad SMARTS) is 1. The van der Waals surface area contributed by atoms with Crippen LogP contribution in [0, 0.1) is 0 Å². The average Bonchev–Trinajstić information content (AvgIpc) is 2.84. The molecule has 1 aliphatic carbocycles. The van der Waals surface area contributed by atoms with Crippen molar-refractivity contribution < 1.29 is 15.0 Å². The summed E-state index contributed by atoms with van der Waals surface area (Å²) in [5.74, 6) is -0.879. The highest BCUT2D eigenvalue weighted by molar-refractivity contribution is 7.12. The standard InChI is InChI=1S/C10H13NO3S/c12-6-10(2-3-10)11-5-7-1-4-15-8(7)9(13)14/h1,4,11-12H,2-3,5-6H2,(H,13,14). The van der Waals surface area contributed by atoms with E-state index in [0.29, 0.717) is 11.4 Å². The molecule has 0 atom stereocenters. The van der Waals surface area contributed by atoms with Gasteiger partial charge in [-0.2, -0.15) is 0 Å². The van der Waals surface area contributed by atoms with Crippen molar-refractivity contribution in [3.8, 4) is 0 Å². The first kappa shape index (κ1) is 10.6. The quantitative estimate of drug-likeness (QED) is 0.703. The Bertz CT molecular complexity index is 370. The van der Waals surface area contributed by atoms with Crippen molar-refractivity contribution in [3.63, 3.8) is 0 Å². The van der Waals surface area contributed by atoms with E-state index in [-0.39, 0.29) is 12.1 Å². The summed E-state index contributed by atoms with van der Waals surface area (Å²) in [6.07, 6.45) is 1.94. The first-order valence-electron chi connectivity index (χ1n) is 4.82.